The fourth-order valence-electron chi connectivity index (χ4n) is 2.03. The molecule has 1 saturated carbocycles. The summed E-state index contributed by atoms with van der Waals surface area (Å²) in [6.45, 7) is 0. The van der Waals surface area contributed by atoms with Crippen molar-refractivity contribution < 1.29 is 13.2 Å². The Balaban J connectivity index is 2.18. The van der Waals surface area contributed by atoms with E-state index >= 15 is 0 Å². The van der Waals surface area contributed by atoms with Gasteiger partial charge < -0.3 is 4.90 Å². The number of hydrogen-bond donors (Lipinski definition) is 0. The van der Waals surface area contributed by atoms with E-state index in [2.05, 4.69) is 15.0 Å². The van der Waals surface area contributed by atoms with Crippen LogP contribution in [0, 0.1) is 5.82 Å². The summed E-state index contributed by atoms with van der Waals surface area (Å²) in [6, 6.07) is -0.990. The molecule has 2 heterocycles. The summed E-state index contributed by atoms with van der Waals surface area (Å²) < 4.78 is 40.2. The normalized spacial score (nSPS) is 20.2. The second-order valence-corrected chi connectivity index (χ2v) is 5.23. The SMILES string of the molecule is CN(c1nc(Cl)nc2c(F)c(Cl)ncc12)C1CC1(F)F. The van der Waals surface area contributed by atoms with Gasteiger partial charge in [-0.1, -0.05) is 11.6 Å². The lowest BCUT2D eigenvalue weighted by Crippen LogP contribution is -2.26. The van der Waals surface area contributed by atoms with Crippen molar-refractivity contribution in [2.45, 2.75) is 18.4 Å². The van der Waals surface area contributed by atoms with E-state index in [1.54, 1.807) is 0 Å². The van der Waals surface area contributed by atoms with Crippen molar-refractivity contribution in [1.82, 2.24) is 15.0 Å². The van der Waals surface area contributed by atoms with Gasteiger partial charge in [-0.05, 0) is 11.6 Å². The molecule has 1 aliphatic carbocycles. The van der Waals surface area contributed by atoms with E-state index in [-0.39, 0.29) is 33.6 Å². The average molecular weight is 323 g/mol. The number of hydrogen-bond acceptors (Lipinski definition) is 4. The number of pyridine rings is 1. The van der Waals surface area contributed by atoms with Crippen LogP contribution < -0.4 is 4.90 Å². The van der Waals surface area contributed by atoms with Gasteiger partial charge in [0.1, 0.15) is 11.3 Å². The van der Waals surface area contributed by atoms with Crippen LogP contribution in [-0.4, -0.2) is 34.0 Å². The summed E-state index contributed by atoms with van der Waals surface area (Å²) >= 11 is 11.3. The van der Waals surface area contributed by atoms with Gasteiger partial charge in [-0.25, -0.2) is 23.1 Å². The smallest absolute Gasteiger partial charge is 0.270 e. The van der Waals surface area contributed by atoms with Gasteiger partial charge in [-0.15, -0.1) is 0 Å². The fraction of sp³-hybridized carbons (Fsp3) is 0.364. The van der Waals surface area contributed by atoms with Gasteiger partial charge in [-0.3, -0.25) is 0 Å². The van der Waals surface area contributed by atoms with Crippen molar-refractivity contribution in [3.8, 4) is 0 Å². The van der Waals surface area contributed by atoms with Gasteiger partial charge in [0.15, 0.2) is 11.0 Å². The first-order valence-electron chi connectivity index (χ1n) is 5.59. The second kappa shape index (κ2) is 4.33. The molecule has 3 rings (SSSR count). The minimum absolute atomic E-state index is 0.102. The Hall–Kier alpha value is -1.34. The maximum absolute atomic E-state index is 13.9. The molecule has 1 unspecified atom stereocenters. The Morgan fingerprint density at radius 2 is 2.00 bits per heavy atom. The molecule has 0 bridgehead atoms. The van der Waals surface area contributed by atoms with Crippen molar-refractivity contribution in [2.75, 3.05) is 11.9 Å². The predicted molar refractivity (Wildman–Crippen MR) is 69.1 cm³/mol. The highest BCUT2D eigenvalue weighted by molar-refractivity contribution is 6.30. The van der Waals surface area contributed by atoms with Crippen LogP contribution in [-0.2, 0) is 0 Å². The number of alkyl halides is 2. The topological polar surface area (TPSA) is 41.9 Å². The van der Waals surface area contributed by atoms with Gasteiger partial charge in [0.05, 0.1) is 11.4 Å². The van der Waals surface area contributed by atoms with E-state index in [1.165, 1.54) is 18.1 Å². The van der Waals surface area contributed by atoms with Gasteiger partial charge in [0, 0.05) is 19.7 Å². The van der Waals surface area contributed by atoms with Crippen LogP contribution in [0.15, 0.2) is 6.20 Å². The third kappa shape index (κ3) is 2.05. The van der Waals surface area contributed by atoms with Crippen LogP contribution in [0.25, 0.3) is 10.9 Å². The summed E-state index contributed by atoms with van der Waals surface area (Å²) in [4.78, 5) is 12.5. The van der Waals surface area contributed by atoms with E-state index < -0.39 is 17.8 Å². The molecular weight excluding hydrogens is 316 g/mol. The summed E-state index contributed by atoms with van der Waals surface area (Å²) in [6.07, 6.45) is 0.958. The molecule has 2 aromatic heterocycles. The largest absolute Gasteiger partial charge is 0.350 e. The molecule has 0 saturated heterocycles. The van der Waals surface area contributed by atoms with Gasteiger partial charge in [-0.2, -0.15) is 4.98 Å². The van der Waals surface area contributed by atoms with E-state index in [0.29, 0.717) is 0 Å². The first-order chi connectivity index (χ1) is 9.31. The Kier molecular flexibility index (Phi) is 2.95. The molecule has 9 heteroatoms. The highest BCUT2D eigenvalue weighted by atomic mass is 35.5. The van der Waals surface area contributed by atoms with E-state index in [0.717, 1.165) is 0 Å². The van der Waals surface area contributed by atoms with E-state index in [1.807, 2.05) is 0 Å². The van der Waals surface area contributed by atoms with E-state index in [9.17, 15) is 13.2 Å². The zero-order valence-corrected chi connectivity index (χ0v) is 11.6. The van der Waals surface area contributed by atoms with Crippen LogP contribution in [0.4, 0.5) is 19.0 Å². The molecular formula is C11H7Cl2F3N4. The first-order valence-corrected chi connectivity index (χ1v) is 6.35. The van der Waals surface area contributed by atoms with Crippen LogP contribution in [0.2, 0.25) is 10.4 Å². The lowest BCUT2D eigenvalue weighted by atomic mass is 10.2. The fourth-order valence-corrected chi connectivity index (χ4v) is 2.33. The molecule has 4 nitrogen and oxygen atoms in total. The van der Waals surface area contributed by atoms with Crippen LogP contribution in [0.5, 0.6) is 0 Å². The lowest BCUT2D eigenvalue weighted by Gasteiger charge is -2.19. The molecule has 0 N–H and O–H groups in total. The van der Waals surface area contributed by atoms with Crippen molar-refractivity contribution in [3.05, 3.63) is 22.5 Å². The number of anilines is 1. The third-order valence-corrected chi connectivity index (χ3v) is 3.62. The maximum atomic E-state index is 13.9. The van der Waals surface area contributed by atoms with Crippen molar-refractivity contribution in [1.29, 1.82) is 0 Å². The lowest BCUT2D eigenvalue weighted by molar-refractivity contribution is 0.112. The second-order valence-electron chi connectivity index (χ2n) is 4.53. The van der Waals surface area contributed by atoms with Crippen molar-refractivity contribution in [3.63, 3.8) is 0 Å². The molecule has 1 aliphatic rings. The molecule has 0 spiro atoms. The number of fused-ring (bicyclic) bond motifs is 1. The van der Waals surface area contributed by atoms with Crippen molar-refractivity contribution in [2.24, 2.45) is 0 Å². The number of halogens is 5. The molecule has 1 atom stereocenters. The predicted octanol–water partition coefficient (Wildman–Crippen LogP) is 3.31. The van der Waals surface area contributed by atoms with Crippen molar-refractivity contribution >= 4 is 39.9 Å². The number of nitrogens with zero attached hydrogens (tertiary/aromatic N) is 4. The minimum Gasteiger partial charge on any atom is -0.350 e. The van der Waals surface area contributed by atoms with Gasteiger partial charge in [0.25, 0.3) is 5.92 Å². The Morgan fingerprint density at radius 3 is 2.60 bits per heavy atom. The maximum Gasteiger partial charge on any atom is 0.270 e. The Morgan fingerprint density at radius 1 is 1.35 bits per heavy atom. The summed E-state index contributed by atoms with van der Waals surface area (Å²) in [5.74, 6) is -3.53. The van der Waals surface area contributed by atoms with Crippen LogP contribution in [0.3, 0.4) is 0 Å². The standard InChI is InChI=1S/C11H7Cl2F3N4/c1-20(5-2-11(5,15)16)9-4-3-17-8(12)6(14)7(4)18-10(13)19-9/h3,5H,2H2,1H3. The highest BCUT2D eigenvalue weighted by Gasteiger charge is 2.59. The average Bonchev–Trinajstić information content (AvgIpc) is 3.02. The minimum atomic E-state index is -2.78. The Bertz CT molecular complexity index is 710. The zero-order chi connectivity index (χ0) is 14.7. The number of aromatic nitrogens is 3. The first kappa shape index (κ1) is 13.6. The molecule has 0 radical (unpaired) electrons. The molecule has 106 valence electrons. The molecule has 0 aromatic carbocycles. The highest BCUT2D eigenvalue weighted by Crippen LogP contribution is 2.47. The van der Waals surface area contributed by atoms with Crippen LogP contribution >= 0.6 is 23.2 Å². The molecule has 20 heavy (non-hydrogen) atoms. The summed E-state index contributed by atoms with van der Waals surface area (Å²) in [5, 5.41) is -0.427. The zero-order valence-electron chi connectivity index (χ0n) is 10.0. The molecule has 0 aliphatic heterocycles. The quantitative estimate of drug-likeness (QED) is 0.628. The van der Waals surface area contributed by atoms with Gasteiger partial charge in [0.2, 0.25) is 5.28 Å². The third-order valence-electron chi connectivity index (χ3n) is 3.19. The number of rotatable bonds is 2. The van der Waals surface area contributed by atoms with Gasteiger partial charge >= 0.3 is 0 Å². The molecule has 1 fully saturated rings. The van der Waals surface area contributed by atoms with Crippen LogP contribution in [0.1, 0.15) is 6.42 Å². The van der Waals surface area contributed by atoms with E-state index in [4.69, 9.17) is 23.2 Å². The summed E-state index contributed by atoms with van der Waals surface area (Å²) in [5.41, 5.74) is -0.143. The molecule has 0 amide bonds. The molecule has 2 aromatic rings. The monoisotopic (exact) mass is 322 g/mol. The Labute approximate surface area is 121 Å². The summed E-state index contributed by atoms with van der Waals surface area (Å²) in [7, 11) is 1.44.